The second kappa shape index (κ2) is 7.46. The topological polar surface area (TPSA) is 38.5 Å². The molecule has 2 atom stereocenters. The van der Waals surface area contributed by atoms with Crippen LogP contribution in [0, 0.1) is 5.92 Å². The van der Waals surface area contributed by atoms with E-state index in [4.69, 9.17) is 10.5 Å². The van der Waals surface area contributed by atoms with Gasteiger partial charge in [-0.15, -0.1) is 0 Å². The average Bonchev–Trinajstić information content (AvgIpc) is 2.90. The Labute approximate surface area is 112 Å². The molecule has 2 N–H and O–H groups in total. The zero-order chi connectivity index (χ0) is 12.8. The van der Waals surface area contributed by atoms with Crippen LogP contribution in [0.5, 0.6) is 0 Å². The number of nitrogens with zero attached hydrogens (tertiary/aromatic N) is 1. The smallest absolute Gasteiger partial charge is 0.0853 e. The van der Waals surface area contributed by atoms with E-state index in [1.54, 1.807) is 0 Å². The predicted molar refractivity (Wildman–Crippen MR) is 75.6 cm³/mol. The van der Waals surface area contributed by atoms with E-state index >= 15 is 0 Å². The number of hydrogen-bond acceptors (Lipinski definition) is 3. The summed E-state index contributed by atoms with van der Waals surface area (Å²) in [5.74, 6) is 0.950. The first kappa shape index (κ1) is 14.3. The molecular formula is C15H30N2O. The minimum absolute atomic E-state index is 0.241. The van der Waals surface area contributed by atoms with Crippen LogP contribution in [0.1, 0.15) is 51.9 Å². The van der Waals surface area contributed by atoms with Crippen LogP contribution in [0.2, 0.25) is 0 Å². The summed E-state index contributed by atoms with van der Waals surface area (Å²) in [7, 11) is 0. The monoisotopic (exact) mass is 254 g/mol. The summed E-state index contributed by atoms with van der Waals surface area (Å²) in [4.78, 5) is 2.50. The lowest BCUT2D eigenvalue weighted by molar-refractivity contribution is -0.0420. The highest BCUT2D eigenvalue weighted by Crippen LogP contribution is 2.29. The first-order valence-electron chi connectivity index (χ1n) is 7.89. The Bertz CT molecular complexity index is 227. The maximum absolute atomic E-state index is 6.33. The average molecular weight is 254 g/mol. The lowest BCUT2D eigenvalue weighted by Crippen LogP contribution is -2.50. The van der Waals surface area contributed by atoms with Crippen LogP contribution in [0.4, 0.5) is 0 Å². The van der Waals surface area contributed by atoms with Gasteiger partial charge in [0, 0.05) is 19.1 Å². The predicted octanol–water partition coefficient (Wildman–Crippen LogP) is 2.39. The summed E-state index contributed by atoms with van der Waals surface area (Å²) in [6.07, 6.45) is 9.69. The molecule has 0 spiro atoms. The van der Waals surface area contributed by atoms with Crippen molar-refractivity contribution in [1.29, 1.82) is 0 Å². The van der Waals surface area contributed by atoms with E-state index in [0.29, 0.717) is 0 Å². The van der Waals surface area contributed by atoms with E-state index in [-0.39, 0.29) is 12.1 Å². The first-order valence-corrected chi connectivity index (χ1v) is 7.89. The van der Waals surface area contributed by atoms with Crippen LogP contribution in [0.3, 0.4) is 0 Å². The van der Waals surface area contributed by atoms with Crippen LogP contribution < -0.4 is 5.73 Å². The van der Waals surface area contributed by atoms with E-state index in [1.807, 2.05) is 0 Å². The zero-order valence-electron chi connectivity index (χ0n) is 11.9. The minimum atomic E-state index is 0.241. The molecule has 2 aliphatic rings. The van der Waals surface area contributed by atoms with Crippen molar-refractivity contribution in [1.82, 2.24) is 4.90 Å². The molecule has 18 heavy (non-hydrogen) atoms. The molecule has 106 valence electrons. The Balaban J connectivity index is 1.68. The number of rotatable bonds is 6. The molecule has 0 bridgehead atoms. The van der Waals surface area contributed by atoms with Gasteiger partial charge in [0.15, 0.2) is 0 Å². The minimum Gasteiger partial charge on any atom is -0.374 e. The Kier molecular flexibility index (Phi) is 5.93. The van der Waals surface area contributed by atoms with Crippen LogP contribution in [-0.2, 0) is 4.74 Å². The molecular weight excluding hydrogens is 224 g/mol. The van der Waals surface area contributed by atoms with Crippen molar-refractivity contribution in [3.8, 4) is 0 Å². The SMILES string of the molecule is CCCN1CCOC(C(N)CCC2CCCC2)C1. The van der Waals surface area contributed by atoms with E-state index in [1.165, 1.54) is 45.1 Å². The highest BCUT2D eigenvalue weighted by atomic mass is 16.5. The van der Waals surface area contributed by atoms with E-state index in [9.17, 15) is 0 Å². The van der Waals surface area contributed by atoms with Gasteiger partial charge in [-0.05, 0) is 31.7 Å². The van der Waals surface area contributed by atoms with Crippen molar-refractivity contribution in [3.05, 3.63) is 0 Å². The molecule has 3 nitrogen and oxygen atoms in total. The van der Waals surface area contributed by atoms with Gasteiger partial charge in [0.05, 0.1) is 12.7 Å². The van der Waals surface area contributed by atoms with Crippen molar-refractivity contribution in [2.75, 3.05) is 26.2 Å². The van der Waals surface area contributed by atoms with Crippen molar-refractivity contribution in [2.45, 2.75) is 64.0 Å². The van der Waals surface area contributed by atoms with Gasteiger partial charge in [0.2, 0.25) is 0 Å². The summed E-state index contributed by atoms with van der Waals surface area (Å²) >= 11 is 0. The van der Waals surface area contributed by atoms with Gasteiger partial charge >= 0.3 is 0 Å². The molecule has 1 aliphatic carbocycles. The molecule has 3 heteroatoms. The van der Waals surface area contributed by atoms with Gasteiger partial charge in [-0.1, -0.05) is 32.6 Å². The van der Waals surface area contributed by atoms with Gasteiger partial charge in [-0.2, -0.15) is 0 Å². The Hall–Kier alpha value is -0.120. The zero-order valence-corrected chi connectivity index (χ0v) is 11.9. The van der Waals surface area contributed by atoms with Gasteiger partial charge in [0.25, 0.3) is 0 Å². The molecule has 2 unspecified atom stereocenters. The second-order valence-electron chi connectivity index (χ2n) is 6.10. The van der Waals surface area contributed by atoms with Gasteiger partial charge in [0.1, 0.15) is 0 Å². The van der Waals surface area contributed by atoms with E-state index in [2.05, 4.69) is 11.8 Å². The summed E-state index contributed by atoms with van der Waals surface area (Å²) in [5.41, 5.74) is 6.33. The molecule has 1 aliphatic heterocycles. The summed E-state index contributed by atoms with van der Waals surface area (Å²) < 4.78 is 5.86. The highest BCUT2D eigenvalue weighted by Gasteiger charge is 2.26. The van der Waals surface area contributed by atoms with Crippen LogP contribution >= 0.6 is 0 Å². The molecule has 2 fully saturated rings. The third kappa shape index (κ3) is 4.22. The maximum Gasteiger partial charge on any atom is 0.0853 e. The highest BCUT2D eigenvalue weighted by molar-refractivity contribution is 4.81. The molecule has 0 radical (unpaired) electrons. The van der Waals surface area contributed by atoms with Crippen molar-refractivity contribution >= 4 is 0 Å². The summed E-state index contributed by atoms with van der Waals surface area (Å²) in [6.45, 7) is 6.42. The lowest BCUT2D eigenvalue weighted by Gasteiger charge is -2.35. The summed E-state index contributed by atoms with van der Waals surface area (Å²) in [5, 5.41) is 0. The standard InChI is InChI=1S/C15H30N2O/c1-2-9-17-10-11-18-15(12-17)14(16)8-7-13-5-3-4-6-13/h13-15H,2-12,16H2,1H3. The molecule has 1 saturated carbocycles. The molecule has 2 rings (SSSR count). The quantitative estimate of drug-likeness (QED) is 0.791. The van der Waals surface area contributed by atoms with E-state index in [0.717, 1.165) is 32.0 Å². The van der Waals surface area contributed by atoms with Crippen LogP contribution in [0.25, 0.3) is 0 Å². The Morgan fingerprint density at radius 1 is 1.33 bits per heavy atom. The largest absolute Gasteiger partial charge is 0.374 e. The molecule has 0 aromatic rings. The third-order valence-corrected chi connectivity index (χ3v) is 4.58. The maximum atomic E-state index is 6.33. The van der Waals surface area contributed by atoms with Crippen molar-refractivity contribution in [3.63, 3.8) is 0 Å². The fraction of sp³-hybridized carbons (Fsp3) is 1.00. The fourth-order valence-electron chi connectivity index (χ4n) is 3.42. The lowest BCUT2D eigenvalue weighted by atomic mass is 9.96. The number of hydrogen-bond donors (Lipinski definition) is 1. The molecule has 0 aromatic carbocycles. The molecule has 1 saturated heterocycles. The Morgan fingerprint density at radius 3 is 2.83 bits per heavy atom. The number of ether oxygens (including phenoxy) is 1. The first-order chi connectivity index (χ1) is 8.79. The van der Waals surface area contributed by atoms with Gasteiger partial charge in [-0.25, -0.2) is 0 Å². The van der Waals surface area contributed by atoms with Crippen molar-refractivity contribution in [2.24, 2.45) is 11.7 Å². The Morgan fingerprint density at radius 2 is 2.11 bits per heavy atom. The summed E-state index contributed by atoms with van der Waals surface area (Å²) in [6, 6.07) is 0.241. The number of nitrogens with two attached hydrogens (primary N) is 1. The third-order valence-electron chi connectivity index (χ3n) is 4.58. The fourth-order valence-corrected chi connectivity index (χ4v) is 3.42. The normalized spacial score (nSPS) is 28.7. The molecule has 0 aromatic heterocycles. The van der Waals surface area contributed by atoms with Crippen LogP contribution in [0.15, 0.2) is 0 Å². The second-order valence-corrected chi connectivity index (χ2v) is 6.10. The number of morpholine rings is 1. The van der Waals surface area contributed by atoms with E-state index < -0.39 is 0 Å². The van der Waals surface area contributed by atoms with Gasteiger partial charge < -0.3 is 10.5 Å². The van der Waals surface area contributed by atoms with Crippen LogP contribution in [-0.4, -0.2) is 43.3 Å². The van der Waals surface area contributed by atoms with Crippen molar-refractivity contribution < 1.29 is 4.74 Å². The molecule has 0 amide bonds. The molecule has 1 heterocycles. The van der Waals surface area contributed by atoms with Gasteiger partial charge in [-0.3, -0.25) is 4.90 Å².